The molecule has 0 saturated heterocycles. The van der Waals surface area contributed by atoms with Crippen LogP contribution in [0.3, 0.4) is 0 Å². The summed E-state index contributed by atoms with van der Waals surface area (Å²) >= 11 is 0. The average Bonchev–Trinajstić information content (AvgIpc) is 2.22. The number of aliphatic hydroxyl groups is 1. The van der Waals surface area contributed by atoms with E-state index in [4.69, 9.17) is 5.11 Å². The number of hydrogen-bond donors (Lipinski definition) is 1. The SMILES string of the molecule is C/C(=C\OC(F)(F)C(F)F)C(=O)OCC(C)O. The van der Waals surface area contributed by atoms with Crippen LogP contribution in [0, 0.1) is 0 Å². The molecule has 0 bridgehead atoms. The number of aliphatic hydroxyl groups excluding tert-OH is 1. The van der Waals surface area contributed by atoms with Gasteiger partial charge in [0.25, 0.3) is 0 Å². The molecule has 1 atom stereocenters. The van der Waals surface area contributed by atoms with Crippen molar-refractivity contribution < 1.29 is 36.9 Å². The summed E-state index contributed by atoms with van der Waals surface area (Å²) in [6, 6.07) is 0. The summed E-state index contributed by atoms with van der Waals surface area (Å²) < 4.78 is 55.8. The topological polar surface area (TPSA) is 55.8 Å². The smallest absolute Gasteiger partial charge is 0.460 e. The van der Waals surface area contributed by atoms with Crippen LogP contribution in [0.1, 0.15) is 13.8 Å². The number of carbonyl (C=O) groups excluding carboxylic acids is 1. The third-order valence-corrected chi connectivity index (χ3v) is 1.42. The molecule has 0 heterocycles. The summed E-state index contributed by atoms with van der Waals surface area (Å²) in [6.45, 7) is 2.05. The Morgan fingerprint density at radius 1 is 1.47 bits per heavy atom. The molecule has 0 aliphatic carbocycles. The van der Waals surface area contributed by atoms with E-state index in [1.807, 2.05) is 0 Å². The molecule has 1 N–H and O–H groups in total. The second-order valence-electron chi connectivity index (χ2n) is 3.23. The van der Waals surface area contributed by atoms with Gasteiger partial charge in [-0.05, 0) is 13.8 Å². The Bertz CT molecular complexity index is 289. The van der Waals surface area contributed by atoms with Gasteiger partial charge in [-0.1, -0.05) is 0 Å². The van der Waals surface area contributed by atoms with Gasteiger partial charge < -0.3 is 14.6 Å². The van der Waals surface area contributed by atoms with Gasteiger partial charge >= 0.3 is 18.5 Å². The molecule has 0 radical (unpaired) electrons. The van der Waals surface area contributed by atoms with Gasteiger partial charge in [0.2, 0.25) is 0 Å². The minimum atomic E-state index is -4.66. The molecule has 0 saturated carbocycles. The van der Waals surface area contributed by atoms with Crippen molar-refractivity contribution in [2.45, 2.75) is 32.5 Å². The summed E-state index contributed by atoms with van der Waals surface area (Å²) in [5, 5.41) is 8.77. The van der Waals surface area contributed by atoms with Crippen LogP contribution >= 0.6 is 0 Å². The molecule has 1 unspecified atom stereocenters. The largest absolute Gasteiger partial charge is 0.460 e. The van der Waals surface area contributed by atoms with Gasteiger partial charge in [0.1, 0.15) is 12.9 Å². The highest BCUT2D eigenvalue weighted by Gasteiger charge is 2.43. The number of hydrogen-bond acceptors (Lipinski definition) is 4. The lowest BCUT2D eigenvalue weighted by molar-refractivity contribution is -0.275. The van der Waals surface area contributed by atoms with Gasteiger partial charge in [0, 0.05) is 0 Å². The Labute approximate surface area is 94.8 Å². The molecular formula is C9H12F4O4. The third-order valence-electron chi connectivity index (χ3n) is 1.42. The number of esters is 1. The van der Waals surface area contributed by atoms with Gasteiger partial charge in [-0.3, -0.25) is 0 Å². The monoisotopic (exact) mass is 260 g/mol. The van der Waals surface area contributed by atoms with Crippen molar-refractivity contribution >= 4 is 5.97 Å². The zero-order valence-electron chi connectivity index (χ0n) is 9.12. The minimum Gasteiger partial charge on any atom is -0.460 e. The Kier molecular flexibility index (Phi) is 5.94. The average molecular weight is 260 g/mol. The van der Waals surface area contributed by atoms with Crippen LogP contribution in [0.5, 0.6) is 0 Å². The Balaban J connectivity index is 4.30. The van der Waals surface area contributed by atoms with E-state index in [1.165, 1.54) is 6.92 Å². The highest BCUT2D eigenvalue weighted by atomic mass is 19.3. The van der Waals surface area contributed by atoms with E-state index < -0.39 is 30.2 Å². The molecule has 17 heavy (non-hydrogen) atoms. The normalized spacial score (nSPS) is 14.7. The highest BCUT2D eigenvalue weighted by Crippen LogP contribution is 2.24. The molecule has 0 aromatic carbocycles. The fourth-order valence-corrected chi connectivity index (χ4v) is 0.577. The van der Waals surface area contributed by atoms with E-state index in [2.05, 4.69) is 9.47 Å². The number of ether oxygens (including phenoxy) is 2. The molecule has 0 fully saturated rings. The number of carbonyl (C=O) groups is 1. The predicted molar refractivity (Wildman–Crippen MR) is 48.4 cm³/mol. The lowest BCUT2D eigenvalue weighted by atomic mass is 10.3. The summed E-state index contributed by atoms with van der Waals surface area (Å²) in [6.07, 6.45) is -9.39. The van der Waals surface area contributed by atoms with Gasteiger partial charge in [0.15, 0.2) is 0 Å². The maximum absolute atomic E-state index is 12.3. The molecule has 0 aromatic rings. The predicted octanol–water partition coefficient (Wildman–Crippen LogP) is 1.69. The van der Waals surface area contributed by atoms with E-state index in [-0.39, 0.29) is 12.9 Å². The molecule has 8 heteroatoms. The first-order valence-electron chi connectivity index (χ1n) is 4.52. The van der Waals surface area contributed by atoms with Gasteiger partial charge in [0.05, 0.1) is 11.7 Å². The Hall–Kier alpha value is -1.31. The van der Waals surface area contributed by atoms with Crippen LogP contribution in [0.4, 0.5) is 17.6 Å². The lowest BCUT2D eigenvalue weighted by Gasteiger charge is -2.14. The fourth-order valence-electron chi connectivity index (χ4n) is 0.577. The van der Waals surface area contributed by atoms with Gasteiger partial charge in [-0.15, -0.1) is 0 Å². The number of alkyl halides is 4. The van der Waals surface area contributed by atoms with Crippen molar-refractivity contribution in [2.75, 3.05) is 6.61 Å². The summed E-state index contributed by atoms with van der Waals surface area (Å²) in [5.41, 5.74) is -0.425. The summed E-state index contributed by atoms with van der Waals surface area (Å²) in [7, 11) is 0. The molecule has 0 amide bonds. The second-order valence-corrected chi connectivity index (χ2v) is 3.23. The van der Waals surface area contributed by atoms with Crippen molar-refractivity contribution in [2.24, 2.45) is 0 Å². The molecule has 4 nitrogen and oxygen atoms in total. The van der Waals surface area contributed by atoms with Crippen molar-refractivity contribution in [3.05, 3.63) is 11.8 Å². The first kappa shape index (κ1) is 15.7. The molecule has 0 aliphatic rings. The van der Waals surface area contributed by atoms with Crippen LogP contribution in [-0.2, 0) is 14.3 Å². The maximum atomic E-state index is 12.3. The number of rotatable bonds is 6. The van der Waals surface area contributed by atoms with Crippen LogP contribution in [0.15, 0.2) is 11.8 Å². The third kappa shape index (κ3) is 6.10. The van der Waals surface area contributed by atoms with Gasteiger partial charge in [-0.25, -0.2) is 4.79 Å². The van der Waals surface area contributed by atoms with E-state index in [0.717, 1.165) is 6.92 Å². The molecule has 0 rings (SSSR count). The van der Waals surface area contributed by atoms with Crippen LogP contribution in [0.2, 0.25) is 0 Å². The zero-order valence-corrected chi connectivity index (χ0v) is 9.12. The quantitative estimate of drug-likeness (QED) is 0.342. The molecule has 0 spiro atoms. The maximum Gasteiger partial charge on any atom is 0.460 e. The van der Waals surface area contributed by atoms with Crippen molar-refractivity contribution in [1.29, 1.82) is 0 Å². The van der Waals surface area contributed by atoms with E-state index in [0.29, 0.717) is 0 Å². The zero-order chi connectivity index (χ0) is 13.6. The molecule has 100 valence electrons. The van der Waals surface area contributed by atoms with Crippen molar-refractivity contribution in [3.63, 3.8) is 0 Å². The van der Waals surface area contributed by atoms with Crippen LogP contribution in [0.25, 0.3) is 0 Å². The van der Waals surface area contributed by atoms with Crippen molar-refractivity contribution in [1.82, 2.24) is 0 Å². The second kappa shape index (κ2) is 6.43. The number of halogens is 4. The minimum absolute atomic E-state index is 0.191. The van der Waals surface area contributed by atoms with E-state index in [9.17, 15) is 22.4 Å². The fraction of sp³-hybridized carbons (Fsp3) is 0.667. The van der Waals surface area contributed by atoms with Crippen LogP contribution < -0.4 is 0 Å². The Morgan fingerprint density at radius 2 is 2.00 bits per heavy atom. The molecular weight excluding hydrogens is 248 g/mol. The summed E-state index contributed by atoms with van der Waals surface area (Å²) in [4.78, 5) is 11.0. The first-order valence-corrected chi connectivity index (χ1v) is 4.52. The standard InChI is InChI=1S/C9H12F4O4/c1-5(7(15)16-4-6(2)14)3-17-9(12,13)8(10)11/h3,6,8,14H,4H2,1-2H3/b5-3+. The van der Waals surface area contributed by atoms with Crippen molar-refractivity contribution in [3.8, 4) is 0 Å². The highest BCUT2D eigenvalue weighted by molar-refractivity contribution is 5.87. The Morgan fingerprint density at radius 3 is 2.41 bits per heavy atom. The van der Waals surface area contributed by atoms with Gasteiger partial charge in [-0.2, -0.15) is 17.6 Å². The van der Waals surface area contributed by atoms with E-state index in [1.54, 1.807) is 0 Å². The van der Waals surface area contributed by atoms with Crippen LogP contribution in [-0.4, -0.2) is 36.3 Å². The summed E-state index contributed by atoms with van der Waals surface area (Å²) in [5.74, 6) is -1.05. The molecule has 0 aromatic heterocycles. The lowest BCUT2D eigenvalue weighted by Crippen LogP contribution is -2.28. The first-order chi connectivity index (χ1) is 7.66. The molecule has 0 aliphatic heterocycles. The van der Waals surface area contributed by atoms with E-state index >= 15 is 0 Å².